The molecule has 0 aliphatic rings. The lowest BCUT2D eigenvalue weighted by Gasteiger charge is -2.12. The zero-order chi connectivity index (χ0) is 18.5. The van der Waals surface area contributed by atoms with Crippen LogP contribution >= 0.6 is 23.2 Å². The number of ketones is 1. The van der Waals surface area contributed by atoms with E-state index in [-0.39, 0.29) is 5.78 Å². The second-order valence-electron chi connectivity index (χ2n) is 5.47. The van der Waals surface area contributed by atoms with E-state index in [2.05, 4.69) is 10.6 Å². The van der Waals surface area contributed by atoms with Crippen molar-refractivity contribution in [1.29, 1.82) is 0 Å². The molecule has 26 heavy (non-hydrogen) atoms. The van der Waals surface area contributed by atoms with Gasteiger partial charge in [-0.15, -0.1) is 0 Å². The van der Waals surface area contributed by atoms with Gasteiger partial charge in [0.1, 0.15) is 0 Å². The smallest absolute Gasteiger partial charge is 0.308 e. The Bertz CT molecular complexity index is 942. The number of benzene rings is 3. The van der Waals surface area contributed by atoms with Crippen LogP contribution in [0.1, 0.15) is 15.9 Å². The minimum absolute atomic E-state index is 0.227. The summed E-state index contributed by atoms with van der Waals surface area (Å²) < 4.78 is 0. The van der Waals surface area contributed by atoms with E-state index in [0.717, 1.165) is 0 Å². The van der Waals surface area contributed by atoms with Crippen LogP contribution < -0.4 is 10.6 Å². The SMILES string of the molecule is O=C(Nc1ccc(Cl)cc1)Nc1ccc(Cl)cc1C(=O)c1ccccc1. The van der Waals surface area contributed by atoms with Gasteiger partial charge in [-0.25, -0.2) is 4.79 Å². The topological polar surface area (TPSA) is 58.2 Å². The van der Waals surface area contributed by atoms with Crippen LogP contribution in [0, 0.1) is 0 Å². The van der Waals surface area contributed by atoms with Crippen LogP contribution in [0.5, 0.6) is 0 Å². The minimum Gasteiger partial charge on any atom is -0.308 e. The first-order valence-electron chi connectivity index (χ1n) is 7.76. The van der Waals surface area contributed by atoms with E-state index in [1.54, 1.807) is 60.7 Å². The molecule has 0 heterocycles. The van der Waals surface area contributed by atoms with E-state index < -0.39 is 6.03 Å². The number of hydrogen-bond donors (Lipinski definition) is 2. The summed E-state index contributed by atoms with van der Waals surface area (Å²) >= 11 is 11.9. The van der Waals surface area contributed by atoms with Crippen LogP contribution in [0.3, 0.4) is 0 Å². The van der Waals surface area contributed by atoms with Crippen LogP contribution in [0.25, 0.3) is 0 Å². The highest BCUT2D eigenvalue weighted by Gasteiger charge is 2.16. The summed E-state index contributed by atoms with van der Waals surface area (Å²) in [5.41, 5.74) is 1.78. The number of anilines is 2. The van der Waals surface area contributed by atoms with Gasteiger partial charge in [0.25, 0.3) is 0 Å². The van der Waals surface area contributed by atoms with Crippen molar-refractivity contribution in [3.8, 4) is 0 Å². The highest BCUT2D eigenvalue weighted by Crippen LogP contribution is 2.24. The van der Waals surface area contributed by atoms with Gasteiger partial charge in [-0.2, -0.15) is 0 Å². The summed E-state index contributed by atoms with van der Waals surface area (Å²) in [6.07, 6.45) is 0. The Kier molecular flexibility index (Phi) is 5.56. The molecule has 0 spiro atoms. The predicted octanol–water partition coefficient (Wildman–Crippen LogP) is 5.87. The Morgan fingerprint density at radius 3 is 2.08 bits per heavy atom. The summed E-state index contributed by atoms with van der Waals surface area (Å²) in [6, 6.07) is 19.8. The van der Waals surface area contributed by atoms with Gasteiger partial charge in [0.05, 0.1) is 5.69 Å². The summed E-state index contributed by atoms with van der Waals surface area (Å²) in [4.78, 5) is 25.0. The number of rotatable bonds is 4. The number of urea groups is 1. The Morgan fingerprint density at radius 2 is 1.38 bits per heavy atom. The molecule has 0 atom stereocenters. The van der Waals surface area contributed by atoms with Gasteiger partial charge >= 0.3 is 6.03 Å². The van der Waals surface area contributed by atoms with Crippen LogP contribution in [-0.4, -0.2) is 11.8 Å². The molecule has 2 amide bonds. The predicted molar refractivity (Wildman–Crippen MR) is 105 cm³/mol. The summed E-state index contributed by atoms with van der Waals surface area (Å²) in [6.45, 7) is 0. The molecule has 130 valence electrons. The first-order chi connectivity index (χ1) is 12.5. The highest BCUT2D eigenvalue weighted by molar-refractivity contribution is 6.31. The Hall–Kier alpha value is -2.82. The van der Waals surface area contributed by atoms with Gasteiger partial charge in [-0.3, -0.25) is 4.79 Å². The van der Waals surface area contributed by atoms with Gasteiger partial charge in [-0.05, 0) is 42.5 Å². The molecule has 6 heteroatoms. The van der Waals surface area contributed by atoms with Crippen LogP contribution in [0.4, 0.5) is 16.2 Å². The van der Waals surface area contributed by atoms with Gasteiger partial charge < -0.3 is 10.6 Å². The van der Waals surface area contributed by atoms with Gasteiger partial charge in [0.2, 0.25) is 0 Å². The van der Waals surface area contributed by atoms with Gasteiger partial charge in [0, 0.05) is 26.9 Å². The van der Waals surface area contributed by atoms with Crippen molar-refractivity contribution in [1.82, 2.24) is 0 Å². The van der Waals surface area contributed by atoms with Crippen molar-refractivity contribution in [2.75, 3.05) is 10.6 Å². The number of hydrogen-bond acceptors (Lipinski definition) is 2. The molecule has 3 aromatic carbocycles. The summed E-state index contributed by atoms with van der Waals surface area (Å²) in [5.74, 6) is -0.227. The van der Waals surface area contributed by atoms with E-state index in [4.69, 9.17) is 23.2 Å². The molecule has 0 aliphatic carbocycles. The monoisotopic (exact) mass is 384 g/mol. The highest BCUT2D eigenvalue weighted by atomic mass is 35.5. The molecule has 4 nitrogen and oxygen atoms in total. The third-order valence-electron chi connectivity index (χ3n) is 3.61. The number of carbonyl (C=O) groups excluding carboxylic acids is 2. The van der Waals surface area contributed by atoms with Crippen LogP contribution in [-0.2, 0) is 0 Å². The molecule has 0 bridgehead atoms. The fourth-order valence-corrected chi connectivity index (χ4v) is 2.67. The number of amides is 2. The molecule has 0 aromatic heterocycles. The quantitative estimate of drug-likeness (QED) is 0.552. The first kappa shape index (κ1) is 18.0. The second kappa shape index (κ2) is 8.04. The maximum atomic E-state index is 12.8. The molecule has 0 radical (unpaired) electrons. The van der Waals surface area contributed by atoms with Crippen molar-refractivity contribution in [2.24, 2.45) is 0 Å². The molecule has 0 saturated carbocycles. The van der Waals surface area contributed by atoms with Crippen molar-refractivity contribution in [3.63, 3.8) is 0 Å². The van der Waals surface area contributed by atoms with Crippen molar-refractivity contribution in [3.05, 3.63) is 94.0 Å². The lowest BCUT2D eigenvalue weighted by molar-refractivity contribution is 0.103. The molecule has 0 unspecified atom stereocenters. The van der Waals surface area contributed by atoms with E-state index in [1.807, 2.05) is 6.07 Å². The lowest BCUT2D eigenvalue weighted by Crippen LogP contribution is -2.21. The molecule has 2 N–H and O–H groups in total. The molecule has 0 fully saturated rings. The number of halogens is 2. The fourth-order valence-electron chi connectivity index (χ4n) is 2.38. The van der Waals surface area contributed by atoms with E-state index >= 15 is 0 Å². The minimum atomic E-state index is -0.475. The Balaban J connectivity index is 1.82. The summed E-state index contributed by atoms with van der Waals surface area (Å²) in [7, 11) is 0. The van der Waals surface area contributed by atoms with E-state index in [9.17, 15) is 9.59 Å². The third-order valence-corrected chi connectivity index (χ3v) is 4.10. The van der Waals surface area contributed by atoms with Crippen molar-refractivity contribution >= 4 is 46.4 Å². The molecular weight excluding hydrogens is 371 g/mol. The zero-order valence-electron chi connectivity index (χ0n) is 13.5. The average molecular weight is 385 g/mol. The maximum absolute atomic E-state index is 12.8. The van der Waals surface area contributed by atoms with E-state index in [1.165, 1.54) is 6.07 Å². The Labute approximate surface area is 160 Å². The lowest BCUT2D eigenvalue weighted by atomic mass is 10.0. The number of nitrogens with one attached hydrogen (secondary N) is 2. The molecule has 3 rings (SSSR count). The summed E-state index contributed by atoms with van der Waals surface area (Å²) in [5, 5.41) is 6.36. The van der Waals surface area contributed by atoms with Crippen LogP contribution in [0.15, 0.2) is 72.8 Å². The number of carbonyl (C=O) groups is 2. The molecule has 3 aromatic rings. The van der Waals surface area contributed by atoms with E-state index in [0.29, 0.717) is 32.5 Å². The average Bonchev–Trinajstić information content (AvgIpc) is 2.65. The van der Waals surface area contributed by atoms with Gasteiger partial charge in [0.15, 0.2) is 5.78 Å². The van der Waals surface area contributed by atoms with Crippen LogP contribution in [0.2, 0.25) is 10.0 Å². The second-order valence-corrected chi connectivity index (χ2v) is 6.34. The van der Waals surface area contributed by atoms with Crippen molar-refractivity contribution < 1.29 is 9.59 Å². The first-order valence-corrected chi connectivity index (χ1v) is 8.51. The normalized spacial score (nSPS) is 10.2. The standard InChI is InChI=1S/C20H14Cl2N2O2/c21-14-6-9-16(10-7-14)23-20(26)24-18-11-8-15(22)12-17(18)19(25)13-4-2-1-3-5-13/h1-12H,(H2,23,24,26). The molecular formula is C20H14Cl2N2O2. The molecule has 0 saturated heterocycles. The van der Waals surface area contributed by atoms with Crippen molar-refractivity contribution in [2.45, 2.75) is 0 Å². The Morgan fingerprint density at radius 1 is 0.731 bits per heavy atom. The largest absolute Gasteiger partial charge is 0.323 e. The fraction of sp³-hybridized carbons (Fsp3) is 0. The third kappa shape index (κ3) is 4.42. The molecule has 0 aliphatic heterocycles. The van der Waals surface area contributed by atoms with Gasteiger partial charge in [-0.1, -0.05) is 53.5 Å². The zero-order valence-corrected chi connectivity index (χ0v) is 15.0. The maximum Gasteiger partial charge on any atom is 0.323 e.